The van der Waals surface area contributed by atoms with Crippen LogP contribution in [0.25, 0.3) is 10.9 Å². The summed E-state index contributed by atoms with van der Waals surface area (Å²) in [6.07, 6.45) is 0.472. The van der Waals surface area contributed by atoms with Crippen molar-refractivity contribution in [3.05, 3.63) is 65.9 Å². The summed E-state index contributed by atoms with van der Waals surface area (Å²) in [6.45, 7) is 4.51. The fourth-order valence-corrected chi connectivity index (χ4v) is 4.89. The van der Waals surface area contributed by atoms with Crippen molar-refractivity contribution in [3.8, 4) is 5.75 Å². The maximum atomic E-state index is 13.5. The zero-order valence-corrected chi connectivity index (χ0v) is 19.9. The molecule has 178 valence electrons. The third-order valence-electron chi connectivity index (χ3n) is 6.82. The van der Waals surface area contributed by atoms with Crippen molar-refractivity contribution in [1.29, 1.82) is 0 Å². The van der Waals surface area contributed by atoms with Crippen LogP contribution >= 0.6 is 0 Å². The van der Waals surface area contributed by atoms with Crippen molar-refractivity contribution in [2.24, 2.45) is 5.92 Å². The maximum Gasteiger partial charge on any atom is 0.248 e. The van der Waals surface area contributed by atoms with Gasteiger partial charge in [-0.3, -0.25) is 24.7 Å². The smallest absolute Gasteiger partial charge is 0.248 e. The molecule has 1 fully saturated rings. The molecule has 0 unspecified atom stereocenters. The third kappa shape index (κ3) is 4.10. The first-order chi connectivity index (χ1) is 16.3. The molecule has 34 heavy (non-hydrogen) atoms. The Hall–Kier alpha value is -3.49. The lowest BCUT2D eigenvalue weighted by Gasteiger charge is -2.38. The van der Waals surface area contributed by atoms with Gasteiger partial charge in [0, 0.05) is 28.9 Å². The van der Waals surface area contributed by atoms with E-state index in [4.69, 9.17) is 9.94 Å². The molecule has 2 aromatic carbocycles. The van der Waals surface area contributed by atoms with Gasteiger partial charge in [-0.2, -0.15) is 0 Å². The van der Waals surface area contributed by atoms with Gasteiger partial charge in [0.15, 0.2) is 0 Å². The summed E-state index contributed by atoms with van der Waals surface area (Å²) in [6, 6.07) is 17.4. The van der Waals surface area contributed by atoms with Gasteiger partial charge >= 0.3 is 0 Å². The van der Waals surface area contributed by atoms with Crippen molar-refractivity contribution in [2.75, 3.05) is 25.5 Å². The molecule has 1 aliphatic rings. The lowest BCUT2D eigenvalue weighted by atomic mass is 9.81. The number of nitrogens with one attached hydrogen (secondary N) is 1. The zero-order valence-electron chi connectivity index (χ0n) is 19.9. The Morgan fingerprint density at radius 3 is 2.62 bits per heavy atom. The number of fused-ring (bicyclic) bond motifs is 1. The number of aromatic nitrogens is 1. The van der Waals surface area contributed by atoms with Gasteiger partial charge in [-0.1, -0.05) is 25.1 Å². The number of hydroxylamine groups is 1. The minimum atomic E-state index is -1.03. The number of carbonyl (C=O) groups excluding carboxylic acids is 2. The molecule has 2 N–H and O–H groups in total. The largest absolute Gasteiger partial charge is 0.489 e. The highest BCUT2D eigenvalue weighted by Crippen LogP contribution is 2.38. The van der Waals surface area contributed by atoms with Gasteiger partial charge in [0.2, 0.25) is 11.8 Å². The summed E-state index contributed by atoms with van der Waals surface area (Å²) in [5, 5.41) is 10.2. The normalized spacial score (nSPS) is 19.0. The fraction of sp³-hybridized carbons (Fsp3) is 0.346. The molecule has 3 aromatic rings. The number of aryl methyl sites for hydroxylation is 1. The lowest BCUT2D eigenvalue weighted by Crippen LogP contribution is -2.59. The molecule has 0 saturated carbocycles. The molecular weight excluding hydrogens is 432 g/mol. The highest BCUT2D eigenvalue weighted by atomic mass is 16.5. The number of para-hydroxylation sites is 1. The van der Waals surface area contributed by atoms with E-state index in [1.54, 1.807) is 36.3 Å². The predicted molar refractivity (Wildman–Crippen MR) is 130 cm³/mol. The van der Waals surface area contributed by atoms with E-state index in [2.05, 4.69) is 4.98 Å². The Bertz CT molecular complexity index is 1210. The molecule has 2 heterocycles. The van der Waals surface area contributed by atoms with Crippen molar-refractivity contribution < 1.29 is 19.5 Å². The van der Waals surface area contributed by atoms with Crippen LogP contribution in [-0.2, 0) is 16.2 Å². The number of pyridine rings is 1. The summed E-state index contributed by atoms with van der Waals surface area (Å²) in [7, 11) is 3.56. The van der Waals surface area contributed by atoms with Crippen molar-refractivity contribution in [2.45, 2.75) is 32.4 Å². The first kappa shape index (κ1) is 23.7. The van der Waals surface area contributed by atoms with Crippen molar-refractivity contribution >= 4 is 28.4 Å². The van der Waals surface area contributed by atoms with Crippen LogP contribution in [-0.4, -0.2) is 53.1 Å². The van der Waals surface area contributed by atoms with E-state index in [0.717, 1.165) is 27.8 Å². The van der Waals surface area contributed by atoms with Gasteiger partial charge in [-0.15, -0.1) is 0 Å². The van der Waals surface area contributed by atoms with Crippen LogP contribution < -0.4 is 15.1 Å². The number of ether oxygens (including phenoxy) is 1. The standard InChI is InChI=1S/C26H30N4O4/c1-17-15-19(22-7-5-6-8-23(22)27-17)16-34-21-11-9-20(10-12-21)30-14-13-26(25(30)32,29(3)4)18(2)24(31)28-33/h5-12,15,18,33H,13-14,16H2,1-4H3,(H,28,31)/t18-,26+/m1/s1. The van der Waals surface area contributed by atoms with E-state index in [9.17, 15) is 9.59 Å². The average Bonchev–Trinajstić information content (AvgIpc) is 3.19. The molecule has 2 atom stereocenters. The second-order valence-electron chi connectivity index (χ2n) is 8.95. The second-order valence-corrected chi connectivity index (χ2v) is 8.95. The number of likely N-dealkylation sites (N-methyl/N-ethyl adjacent to an activating group) is 1. The van der Waals surface area contributed by atoms with Crippen LogP contribution in [0.5, 0.6) is 5.75 Å². The molecular formula is C26H30N4O4. The van der Waals surface area contributed by atoms with Crippen LogP contribution in [0.4, 0.5) is 5.69 Å². The topological polar surface area (TPSA) is 95.0 Å². The summed E-state index contributed by atoms with van der Waals surface area (Å²) < 4.78 is 6.04. The summed E-state index contributed by atoms with van der Waals surface area (Å²) in [4.78, 5) is 33.7. The van der Waals surface area contributed by atoms with Crippen LogP contribution in [0, 0.1) is 12.8 Å². The van der Waals surface area contributed by atoms with Crippen LogP contribution in [0.3, 0.4) is 0 Å². The van der Waals surface area contributed by atoms with Gasteiger partial charge in [-0.25, -0.2) is 5.48 Å². The van der Waals surface area contributed by atoms with Crippen LogP contribution in [0.15, 0.2) is 54.6 Å². The van der Waals surface area contributed by atoms with Gasteiger partial charge in [0.1, 0.15) is 17.9 Å². The Kier molecular flexibility index (Phi) is 6.54. The Morgan fingerprint density at radius 2 is 1.94 bits per heavy atom. The SMILES string of the molecule is Cc1cc(COc2ccc(N3CC[C@@]([C@H](C)C(=O)NO)(N(C)C)C3=O)cc2)c2ccccc2n1. The number of rotatable bonds is 7. The molecule has 0 radical (unpaired) electrons. The average molecular weight is 463 g/mol. The van der Waals surface area contributed by atoms with E-state index in [-0.39, 0.29) is 5.91 Å². The van der Waals surface area contributed by atoms with E-state index >= 15 is 0 Å². The van der Waals surface area contributed by atoms with E-state index in [1.165, 1.54) is 0 Å². The summed E-state index contributed by atoms with van der Waals surface area (Å²) in [5.41, 5.74) is 4.35. The molecule has 1 aromatic heterocycles. The van der Waals surface area contributed by atoms with E-state index in [1.807, 2.05) is 61.5 Å². The number of anilines is 1. The van der Waals surface area contributed by atoms with Gasteiger partial charge in [0.05, 0.1) is 11.4 Å². The minimum absolute atomic E-state index is 0.166. The van der Waals surface area contributed by atoms with Crippen LogP contribution in [0.1, 0.15) is 24.6 Å². The first-order valence-corrected chi connectivity index (χ1v) is 11.3. The molecule has 8 heteroatoms. The first-order valence-electron chi connectivity index (χ1n) is 11.3. The molecule has 4 rings (SSSR count). The van der Waals surface area contributed by atoms with Gasteiger partial charge < -0.3 is 9.64 Å². The van der Waals surface area contributed by atoms with E-state index < -0.39 is 17.4 Å². The number of hydrogen-bond donors (Lipinski definition) is 2. The highest BCUT2D eigenvalue weighted by Gasteiger charge is 2.54. The molecule has 8 nitrogen and oxygen atoms in total. The molecule has 1 saturated heterocycles. The number of amides is 2. The number of nitrogens with zero attached hydrogens (tertiary/aromatic N) is 3. The number of carbonyl (C=O) groups is 2. The lowest BCUT2D eigenvalue weighted by molar-refractivity contribution is -0.144. The summed E-state index contributed by atoms with van der Waals surface area (Å²) >= 11 is 0. The Labute approximate surface area is 199 Å². The van der Waals surface area contributed by atoms with Gasteiger partial charge in [0.25, 0.3) is 0 Å². The van der Waals surface area contributed by atoms with Crippen LogP contribution in [0.2, 0.25) is 0 Å². The van der Waals surface area contributed by atoms with Gasteiger partial charge in [-0.05, 0) is 63.8 Å². The quantitative estimate of drug-likeness (QED) is 0.413. The maximum absolute atomic E-state index is 13.5. The Balaban J connectivity index is 1.50. The minimum Gasteiger partial charge on any atom is -0.489 e. The predicted octanol–water partition coefficient (Wildman–Crippen LogP) is 3.30. The van der Waals surface area contributed by atoms with Crippen molar-refractivity contribution in [3.63, 3.8) is 0 Å². The molecule has 1 aliphatic heterocycles. The fourth-order valence-electron chi connectivity index (χ4n) is 4.89. The van der Waals surface area contributed by atoms with Crippen molar-refractivity contribution in [1.82, 2.24) is 15.4 Å². The second kappa shape index (κ2) is 9.40. The zero-order chi connectivity index (χ0) is 24.5. The summed E-state index contributed by atoms with van der Waals surface area (Å²) in [5.74, 6) is -0.764. The highest BCUT2D eigenvalue weighted by molar-refractivity contribution is 6.05. The molecule has 0 aliphatic carbocycles. The molecule has 0 spiro atoms. The third-order valence-corrected chi connectivity index (χ3v) is 6.82. The molecule has 2 amide bonds. The van der Waals surface area contributed by atoms with E-state index in [0.29, 0.717) is 25.3 Å². The number of hydrogen-bond acceptors (Lipinski definition) is 6. The molecule has 0 bridgehead atoms. The Morgan fingerprint density at radius 1 is 1.24 bits per heavy atom. The monoisotopic (exact) mass is 462 g/mol. The number of benzene rings is 2.